The zero-order valence-corrected chi connectivity index (χ0v) is 11.1. The topological polar surface area (TPSA) is 29.4 Å². The maximum atomic E-state index is 10.5. The standard InChI is InChI=1S/C14H19NOS/c1-17-13(2-3-16)15-14-7-10-4-11(8-14)6-12(5-10)9-14/h2,10-12H,4-9H2,1H3. The van der Waals surface area contributed by atoms with Crippen LogP contribution in [-0.4, -0.2) is 22.8 Å². The molecule has 92 valence electrons. The lowest BCUT2D eigenvalue weighted by Crippen LogP contribution is -2.49. The molecule has 0 saturated heterocycles. The Balaban J connectivity index is 1.88. The van der Waals surface area contributed by atoms with Gasteiger partial charge in [-0.3, -0.25) is 4.99 Å². The van der Waals surface area contributed by atoms with Crippen LogP contribution in [0.25, 0.3) is 0 Å². The SMILES string of the molecule is CSC(C=C=O)=NC12CC3CC(CC(C3)C1)C2. The highest BCUT2D eigenvalue weighted by Gasteiger charge is 2.50. The van der Waals surface area contributed by atoms with Crippen molar-refractivity contribution in [3.63, 3.8) is 0 Å². The van der Waals surface area contributed by atoms with Crippen molar-refractivity contribution in [2.75, 3.05) is 6.26 Å². The first-order valence-corrected chi connectivity index (χ1v) is 7.80. The van der Waals surface area contributed by atoms with E-state index in [1.807, 2.05) is 12.2 Å². The molecule has 2 nitrogen and oxygen atoms in total. The quantitative estimate of drug-likeness (QED) is 0.427. The fraction of sp³-hybridized carbons (Fsp3) is 0.786. The minimum Gasteiger partial charge on any atom is -0.271 e. The summed E-state index contributed by atoms with van der Waals surface area (Å²) in [6, 6.07) is 0. The van der Waals surface area contributed by atoms with E-state index in [-0.39, 0.29) is 5.54 Å². The van der Waals surface area contributed by atoms with E-state index >= 15 is 0 Å². The van der Waals surface area contributed by atoms with Crippen LogP contribution in [0.5, 0.6) is 0 Å². The third-order valence-corrected chi connectivity index (χ3v) is 5.37. The van der Waals surface area contributed by atoms with Crippen molar-refractivity contribution in [3.8, 4) is 0 Å². The second-order valence-electron chi connectivity index (χ2n) is 6.06. The van der Waals surface area contributed by atoms with Crippen molar-refractivity contribution in [1.82, 2.24) is 0 Å². The van der Waals surface area contributed by atoms with E-state index in [0.717, 1.165) is 22.8 Å². The molecule has 4 aliphatic carbocycles. The van der Waals surface area contributed by atoms with Crippen LogP contribution in [0.2, 0.25) is 0 Å². The maximum absolute atomic E-state index is 10.5. The normalized spacial score (nSPS) is 43.6. The first-order valence-electron chi connectivity index (χ1n) is 6.58. The molecule has 0 aliphatic heterocycles. The van der Waals surface area contributed by atoms with Gasteiger partial charge in [-0.2, -0.15) is 0 Å². The van der Waals surface area contributed by atoms with E-state index < -0.39 is 0 Å². The Morgan fingerprint density at radius 1 is 1.24 bits per heavy atom. The summed E-state index contributed by atoms with van der Waals surface area (Å²) in [5.74, 6) is 4.61. The molecule has 0 heterocycles. The van der Waals surface area contributed by atoms with E-state index in [9.17, 15) is 4.79 Å². The van der Waals surface area contributed by atoms with E-state index in [0.29, 0.717) is 0 Å². The van der Waals surface area contributed by atoms with E-state index in [2.05, 4.69) is 0 Å². The molecule has 0 aromatic carbocycles. The summed E-state index contributed by atoms with van der Waals surface area (Å²) >= 11 is 1.58. The largest absolute Gasteiger partial charge is 0.271 e. The fourth-order valence-corrected chi connectivity index (χ4v) is 5.07. The van der Waals surface area contributed by atoms with Gasteiger partial charge in [-0.25, -0.2) is 4.79 Å². The lowest BCUT2D eigenvalue weighted by atomic mass is 9.53. The van der Waals surface area contributed by atoms with Crippen LogP contribution in [0.15, 0.2) is 11.1 Å². The fourth-order valence-electron chi connectivity index (χ4n) is 4.62. The first kappa shape index (κ1) is 11.6. The highest BCUT2D eigenvalue weighted by Crippen LogP contribution is 2.57. The smallest absolute Gasteiger partial charge is 0.127 e. The number of carbonyl (C=O) groups excluding carboxylic acids is 1. The number of hydrogen-bond donors (Lipinski definition) is 0. The summed E-state index contributed by atoms with van der Waals surface area (Å²) < 4.78 is 0. The number of rotatable bonds is 2. The highest BCUT2D eigenvalue weighted by molar-refractivity contribution is 8.13. The summed E-state index contributed by atoms with van der Waals surface area (Å²) in [6.45, 7) is 0. The predicted molar refractivity (Wildman–Crippen MR) is 72.1 cm³/mol. The predicted octanol–water partition coefficient (Wildman–Crippen LogP) is 3.10. The molecule has 4 aliphatic rings. The molecular weight excluding hydrogens is 230 g/mol. The van der Waals surface area contributed by atoms with Crippen LogP contribution in [0.1, 0.15) is 38.5 Å². The van der Waals surface area contributed by atoms with Gasteiger partial charge in [-0.1, -0.05) is 0 Å². The monoisotopic (exact) mass is 249 g/mol. The molecule has 0 radical (unpaired) electrons. The number of aliphatic imine (C=N–C) groups is 1. The lowest BCUT2D eigenvalue weighted by Gasteiger charge is -2.55. The average Bonchev–Trinajstić information content (AvgIpc) is 2.26. The molecule has 0 N–H and O–H groups in total. The van der Waals surface area contributed by atoms with Crippen LogP contribution in [0.3, 0.4) is 0 Å². The zero-order chi connectivity index (χ0) is 11.9. The third kappa shape index (κ3) is 2.11. The molecule has 4 saturated carbocycles. The minimum atomic E-state index is 0.181. The van der Waals surface area contributed by atoms with Gasteiger partial charge in [0.25, 0.3) is 0 Å². The Bertz CT molecular complexity index is 360. The molecule has 0 atom stereocenters. The van der Waals surface area contributed by atoms with Gasteiger partial charge in [0.2, 0.25) is 0 Å². The van der Waals surface area contributed by atoms with E-state index in [4.69, 9.17) is 4.99 Å². The molecule has 4 rings (SSSR count). The van der Waals surface area contributed by atoms with Gasteiger partial charge in [0, 0.05) is 0 Å². The molecule has 0 unspecified atom stereocenters. The van der Waals surface area contributed by atoms with Crippen molar-refractivity contribution < 1.29 is 4.79 Å². The molecule has 17 heavy (non-hydrogen) atoms. The van der Waals surface area contributed by atoms with Crippen molar-refractivity contribution in [2.24, 2.45) is 22.7 Å². The van der Waals surface area contributed by atoms with Gasteiger partial charge >= 0.3 is 0 Å². The summed E-state index contributed by atoms with van der Waals surface area (Å²) in [6.07, 6.45) is 11.6. The molecule has 4 fully saturated rings. The Labute approximate surface area is 107 Å². The van der Waals surface area contributed by atoms with Gasteiger partial charge in [0.05, 0.1) is 11.6 Å². The van der Waals surface area contributed by atoms with Crippen LogP contribution in [-0.2, 0) is 4.79 Å². The molecule has 0 aromatic heterocycles. The van der Waals surface area contributed by atoms with Crippen LogP contribution < -0.4 is 0 Å². The average molecular weight is 249 g/mol. The number of thioether (sulfide) groups is 1. The van der Waals surface area contributed by atoms with E-state index in [1.165, 1.54) is 44.6 Å². The number of nitrogens with zero attached hydrogens (tertiary/aromatic N) is 1. The van der Waals surface area contributed by atoms with Gasteiger partial charge in [-0.15, -0.1) is 11.8 Å². The Kier molecular flexibility index (Phi) is 2.92. The first-order chi connectivity index (χ1) is 8.23. The Morgan fingerprint density at radius 3 is 2.18 bits per heavy atom. The summed E-state index contributed by atoms with van der Waals surface area (Å²) in [5, 5.41) is 0.877. The lowest BCUT2D eigenvalue weighted by molar-refractivity contribution is 0.00188. The third-order valence-electron chi connectivity index (χ3n) is 4.74. The molecule has 0 aromatic rings. The van der Waals surface area contributed by atoms with Crippen molar-refractivity contribution in [2.45, 2.75) is 44.1 Å². The number of hydrogen-bond acceptors (Lipinski definition) is 3. The molecule has 4 bridgehead atoms. The zero-order valence-electron chi connectivity index (χ0n) is 10.3. The second kappa shape index (κ2) is 4.29. The minimum absolute atomic E-state index is 0.181. The van der Waals surface area contributed by atoms with Crippen molar-refractivity contribution >= 4 is 22.7 Å². The highest BCUT2D eigenvalue weighted by atomic mass is 32.2. The molecule has 3 heteroatoms. The van der Waals surface area contributed by atoms with Gasteiger partial charge in [-0.05, 0) is 62.5 Å². The van der Waals surface area contributed by atoms with E-state index in [1.54, 1.807) is 11.8 Å². The van der Waals surface area contributed by atoms with Crippen LogP contribution >= 0.6 is 11.8 Å². The van der Waals surface area contributed by atoms with Crippen LogP contribution in [0, 0.1) is 17.8 Å². The molecule has 0 amide bonds. The van der Waals surface area contributed by atoms with Gasteiger partial charge < -0.3 is 0 Å². The maximum Gasteiger partial charge on any atom is 0.127 e. The summed E-state index contributed by atoms with van der Waals surface area (Å²) in [5.41, 5.74) is 0.181. The Morgan fingerprint density at radius 2 is 1.76 bits per heavy atom. The Hall–Kier alpha value is -0.530. The van der Waals surface area contributed by atoms with Crippen LogP contribution in [0.4, 0.5) is 0 Å². The summed E-state index contributed by atoms with van der Waals surface area (Å²) in [7, 11) is 0. The van der Waals surface area contributed by atoms with Gasteiger partial charge in [0.1, 0.15) is 11.0 Å². The summed E-state index contributed by atoms with van der Waals surface area (Å²) in [4.78, 5) is 15.4. The van der Waals surface area contributed by atoms with Crippen molar-refractivity contribution in [3.05, 3.63) is 6.08 Å². The molecule has 0 spiro atoms. The molecular formula is C14H19NOS. The second-order valence-corrected chi connectivity index (χ2v) is 6.88. The van der Waals surface area contributed by atoms with Crippen molar-refractivity contribution in [1.29, 1.82) is 0 Å². The van der Waals surface area contributed by atoms with Gasteiger partial charge in [0.15, 0.2) is 0 Å².